The minimum Gasteiger partial charge on any atom is -0.310 e. The molecule has 1 aromatic carbocycles. The summed E-state index contributed by atoms with van der Waals surface area (Å²) in [5.41, 5.74) is 1.20. The highest BCUT2D eigenvalue weighted by Crippen LogP contribution is 2.27. The number of rotatable bonds is 4. The molecule has 1 aliphatic carbocycles. The molecule has 1 N–H and O–H groups in total. The maximum atomic E-state index is 6.13. The van der Waals surface area contributed by atoms with E-state index in [9.17, 15) is 0 Å². The summed E-state index contributed by atoms with van der Waals surface area (Å²) in [4.78, 5) is 0. The fraction of sp³-hybridized carbons (Fsp3) is 0.571. The normalized spacial score (nSPS) is 18.9. The van der Waals surface area contributed by atoms with Crippen molar-refractivity contribution in [1.82, 2.24) is 5.32 Å². The van der Waals surface area contributed by atoms with Gasteiger partial charge in [0.25, 0.3) is 0 Å². The van der Waals surface area contributed by atoms with Crippen LogP contribution in [-0.4, -0.2) is 6.04 Å². The molecular weight excluding hydrogens is 218 g/mol. The molecule has 88 valence electrons. The Morgan fingerprint density at radius 3 is 2.69 bits per heavy atom. The highest BCUT2D eigenvalue weighted by molar-refractivity contribution is 6.31. The van der Waals surface area contributed by atoms with Gasteiger partial charge in [0.2, 0.25) is 0 Å². The van der Waals surface area contributed by atoms with Gasteiger partial charge in [-0.2, -0.15) is 0 Å². The van der Waals surface area contributed by atoms with Gasteiger partial charge in [-0.25, -0.2) is 0 Å². The molecule has 0 heterocycles. The second-order valence-corrected chi connectivity index (χ2v) is 5.21. The molecule has 2 rings (SSSR count). The first-order chi connectivity index (χ1) is 7.77. The molecule has 1 nitrogen and oxygen atoms in total. The molecule has 0 aromatic heterocycles. The summed E-state index contributed by atoms with van der Waals surface area (Å²) in [6, 6.07) is 8.68. The van der Waals surface area contributed by atoms with E-state index >= 15 is 0 Å². The fourth-order valence-electron chi connectivity index (χ4n) is 2.54. The smallest absolute Gasteiger partial charge is 0.0450 e. The van der Waals surface area contributed by atoms with Crippen LogP contribution in [0.4, 0.5) is 0 Å². The Labute approximate surface area is 103 Å². The van der Waals surface area contributed by atoms with Crippen molar-refractivity contribution in [2.75, 3.05) is 0 Å². The highest BCUT2D eigenvalue weighted by Gasteiger charge is 2.20. The fourth-order valence-corrected chi connectivity index (χ4v) is 2.74. The first-order valence-electron chi connectivity index (χ1n) is 6.24. The van der Waals surface area contributed by atoms with Crippen LogP contribution in [0.25, 0.3) is 0 Å². The van der Waals surface area contributed by atoms with Crippen molar-refractivity contribution in [3.8, 4) is 0 Å². The van der Waals surface area contributed by atoms with Gasteiger partial charge in [0.05, 0.1) is 0 Å². The second-order valence-electron chi connectivity index (χ2n) is 4.81. The number of nitrogens with one attached hydrogen (secondary N) is 1. The molecule has 1 aliphatic rings. The van der Waals surface area contributed by atoms with Crippen molar-refractivity contribution in [2.24, 2.45) is 5.92 Å². The largest absolute Gasteiger partial charge is 0.310 e. The summed E-state index contributed by atoms with van der Waals surface area (Å²) in [5, 5.41) is 4.47. The van der Waals surface area contributed by atoms with Crippen molar-refractivity contribution >= 4 is 11.6 Å². The van der Waals surface area contributed by atoms with Crippen LogP contribution in [0.2, 0.25) is 5.02 Å². The Morgan fingerprint density at radius 2 is 2.00 bits per heavy atom. The summed E-state index contributed by atoms with van der Waals surface area (Å²) in [5.74, 6) is 0.863. The Bertz CT molecular complexity index is 331. The zero-order valence-electron chi connectivity index (χ0n) is 9.88. The van der Waals surface area contributed by atoms with E-state index in [1.165, 1.54) is 31.2 Å². The van der Waals surface area contributed by atoms with Gasteiger partial charge in [-0.1, -0.05) is 42.6 Å². The number of hydrogen-bond acceptors (Lipinski definition) is 1. The van der Waals surface area contributed by atoms with Crippen LogP contribution in [0, 0.1) is 5.92 Å². The quantitative estimate of drug-likeness (QED) is 0.835. The zero-order chi connectivity index (χ0) is 11.4. The van der Waals surface area contributed by atoms with Gasteiger partial charge >= 0.3 is 0 Å². The van der Waals surface area contributed by atoms with E-state index in [1.807, 2.05) is 18.2 Å². The zero-order valence-corrected chi connectivity index (χ0v) is 10.6. The van der Waals surface area contributed by atoms with Gasteiger partial charge in [-0.15, -0.1) is 0 Å². The topological polar surface area (TPSA) is 12.0 Å². The molecule has 1 aromatic rings. The second kappa shape index (κ2) is 5.70. The van der Waals surface area contributed by atoms with Crippen LogP contribution in [0.5, 0.6) is 0 Å². The van der Waals surface area contributed by atoms with Crippen molar-refractivity contribution < 1.29 is 0 Å². The lowest BCUT2D eigenvalue weighted by atomic mass is 9.99. The molecule has 0 amide bonds. The third-order valence-corrected chi connectivity index (χ3v) is 4.05. The van der Waals surface area contributed by atoms with Gasteiger partial charge in [-0.3, -0.25) is 0 Å². The lowest BCUT2D eigenvalue weighted by Crippen LogP contribution is -2.31. The van der Waals surface area contributed by atoms with E-state index in [4.69, 9.17) is 11.6 Å². The molecule has 1 fully saturated rings. The van der Waals surface area contributed by atoms with Gasteiger partial charge in [0, 0.05) is 17.6 Å². The predicted molar refractivity (Wildman–Crippen MR) is 69.7 cm³/mol. The van der Waals surface area contributed by atoms with E-state index in [1.54, 1.807) is 0 Å². The minimum atomic E-state index is 0.610. The van der Waals surface area contributed by atoms with Gasteiger partial charge in [0.15, 0.2) is 0 Å². The summed E-state index contributed by atoms with van der Waals surface area (Å²) >= 11 is 6.13. The Morgan fingerprint density at radius 1 is 1.31 bits per heavy atom. The summed E-state index contributed by atoms with van der Waals surface area (Å²) in [6.45, 7) is 3.18. The van der Waals surface area contributed by atoms with Crippen LogP contribution in [0.1, 0.15) is 38.2 Å². The monoisotopic (exact) mass is 237 g/mol. The maximum Gasteiger partial charge on any atom is 0.0450 e. The van der Waals surface area contributed by atoms with E-state index in [0.717, 1.165) is 17.5 Å². The molecule has 2 heteroatoms. The van der Waals surface area contributed by atoms with Crippen LogP contribution >= 0.6 is 11.6 Å². The average molecular weight is 238 g/mol. The third kappa shape index (κ3) is 2.99. The molecule has 0 radical (unpaired) electrons. The SMILES string of the molecule is CC(NCc1ccccc1Cl)C1CCCC1. The molecule has 0 aliphatic heterocycles. The molecule has 1 atom stereocenters. The van der Waals surface area contributed by atoms with Gasteiger partial charge < -0.3 is 5.32 Å². The van der Waals surface area contributed by atoms with Crippen molar-refractivity contribution in [3.63, 3.8) is 0 Å². The average Bonchev–Trinajstić information content (AvgIpc) is 2.81. The standard InChI is InChI=1S/C14H20ClN/c1-11(12-6-2-3-7-12)16-10-13-8-4-5-9-14(13)15/h4-5,8-9,11-12,16H,2-3,6-7,10H2,1H3. The third-order valence-electron chi connectivity index (χ3n) is 3.68. The van der Waals surface area contributed by atoms with Crippen molar-refractivity contribution in [2.45, 2.75) is 45.2 Å². The summed E-state index contributed by atoms with van der Waals surface area (Å²) < 4.78 is 0. The number of halogens is 1. The van der Waals surface area contributed by atoms with E-state index < -0.39 is 0 Å². The van der Waals surface area contributed by atoms with Gasteiger partial charge in [0.1, 0.15) is 0 Å². The van der Waals surface area contributed by atoms with Crippen molar-refractivity contribution in [1.29, 1.82) is 0 Å². The molecule has 16 heavy (non-hydrogen) atoms. The van der Waals surface area contributed by atoms with Crippen LogP contribution < -0.4 is 5.32 Å². The predicted octanol–water partition coefficient (Wildman–Crippen LogP) is 4.01. The molecule has 0 spiro atoms. The lowest BCUT2D eigenvalue weighted by molar-refractivity contribution is 0.380. The van der Waals surface area contributed by atoms with Crippen molar-refractivity contribution in [3.05, 3.63) is 34.9 Å². The first-order valence-corrected chi connectivity index (χ1v) is 6.62. The number of benzene rings is 1. The van der Waals surface area contributed by atoms with Crippen LogP contribution in [0.15, 0.2) is 24.3 Å². The summed E-state index contributed by atoms with van der Waals surface area (Å²) in [6.07, 6.45) is 5.58. The maximum absolute atomic E-state index is 6.13. The van der Waals surface area contributed by atoms with E-state index in [-0.39, 0.29) is 0 Å². The molecular formula is C14H20ClN. The van der Waals surface area contributed by atoms with E-state index in [2.05, 4.69) is 18.3 Å². The molecule has 0 saturated heterocycles. The van der Waals surface area contributed by atoms with E-state index in [0.29, 0.717) is 6.04 Å². The highest BCUT2D eigenvalue weighted by atomic mass is 35.5. The summed E-state index contributed by atoms with van der Waals surface area (Å²) in [7, 11) is 0. The van der Waals surface area contributed by atoms with Gasteiger partial charge in [-0.05, 0) is 37.3 Å². The lowest BCUT2D eigenvalue weighted by Gasteiger charge is -2.20. The minimum absolute atomic E-state index is 0.610. The van der Waals surface area contributed by atoms with Crippen LogP contribution in [-0.2, 0) is 6.54 Å². The Hall–Kier alpha value is -0.530. The molecule has 1 unspecified atom stereocenters. The number of hydrogen-bond donors (Lipinski definition) is 1. The Balaban J connectivity index is 1.84. The molecule has 1 saturated carbocycles. The van der Waals surface area contributed by atoms with Crippen LogP contribution in [0.3, 0.4) is 0 Å². The first kappa shape index (κ1) is 11.9. The molecule has 0 bridgehead atoms. The Kier molecular flexibility index (Phi) is 4.25.